The average molecular weight is 291 g/mol. The fraction of sp³-hybridized carbons (Fsp3) is 0.625. The van der Waals surface area contributed by atoms with Gasteiger partial charge in [0.1, 0.15) is 5.69 Å². The summed E-state index contributed by atoms with van der Waals surface area (Å²) in [5, 5.41) is 10.8. The molecule has 1 N–H and O–H groups in total. The van der Waals surface area contributed by atoms with Gasteiger partial charge in [-0.2, -0.15) is 11.8 Å². The van der Waals surface area contributed by atoms with Crippen LogP contribution in [0.25, 0.3) is 0 Å². The summed E-state index contributed by atoms with van der Waals surface area (Å²) in [6.45, 7) is 0.879. The van der Waals surface area contributed by atoms with E-state index >= 15 is 0 Å². The van der Waals surface area contributed by atoms with Crippen LogP contribution in [0.4, 0.5) is 0 Å². The van der Waals surface area contributed by atoms with E-state index in [1.807, 2.05) is 0 Å². The van der Waals surface area contributed by atoms with E-state index in [1.165, 1.54) is 4.68 Å². The number of aromatic nitrogens is 3. The molecule has 1 aromatic rings. The highest BCUT2D eigenvalue weighted by molar-refractivity contribution is 9.10. The van der Waals surface area contributed by atoms with E-state index in [2.05, 4.69) is 31.6 Å². The Hall–Kier alpha value is -0.400. The fourth-order valence-electron chi connectivity index (χ4n) is 1.49. The first-order valence-electron chi connectivity index (χ1n) is 4.60. The molecule has 0 radical (unpaired) electrons. The molecule has 5 nitrogen and oxygen atoms in total. The van der Waals surface area contributed by atoms with Crippen molar-refractivity contribution in [2.75, 3.05) is 18.1 Å². The maximum atomic E-state index is 12.1. The third kappa shape index (κ3) is 2.24. The van der Waals surface area contributed by atoms with Crippen molar-refractivity contribution >= 4 is 33.5 Å². The van der Waals surface area contributed by atoms with Crippen LogP contribution in [0, 0.1) is 0 Å². The number of ketones is 1. The van der Waals surface area contributed by atoms with E-state index in [1.54, 1.807) is 18.8 Å². The first kappa shape index (κ1) is 11.1. The lowest BCUT2D eigenvalue weighted by Crippen LogP contribution is -2.44. The Bertz CT molecular complexity index is 355. The minimum atomic E-state index is -0.114. The maximum Gasteiger partial charge on any atom is 0.201 e. The Morgan fingerprint density at radius 2 is 2.53 bits per heavy atom. The number of hydrogen-bond acceptors (Lipinski definition) is 5. The molecule has 0 bridgehead atoms. The van der Waals surface area contributed by atoms with Gasteiger partial charge in [0.25, 0.3) is 0 Å². The van der Waals surface area contributed by atoms with Crippen LogP contribution >= 0.6 is 27.7 Å². The van der Waals surface area contributed by atoms with Gasteiger partial charge in [0.05, 0.1) is 6.04 Å². The zero-order chi connectivity index (χ0) is 10.8. The monoisotopic (exact) mass is 290 g/mol. The molecule has 82 valence electrons. The molecule has 15 heavy (non-hydrogen) atoms. The standard InChI is InChI=1S/C8H11BrN4OS/c1-13-6(8(9)11-12-13)7(14)5-4-15-3-2-10-5/h5,10H,2-4H2,1H3. The summed E-state index contributed by atoms with van der Waals surface area (Å²) in [5.41, 5.74) is 0.537. The molecule has 7 heteroatoms. The number of halogens is 1. The molecule has 0 spiro atoms. The van der Waals surface area contributed by atoms with Gasteiger partial charge in [-0.15, -0.1) is 5.10 Å². The predicted molar refractivity (Wildman–Crippen MR) is 62.1 cm³/mol. The second-order valence-electron chi connectivity index (χ2n) is 3.30. The summed E-state index contributed by atoms with van der Waals surface area (Å²) >= 11 is 5.03. The van der Waals surface area contributed by atoms with Crippen LogP contribution in [-0.2, 0) is 7.05 Å². The Kier molecular flexibility index (Phi) is 3.42. The van der Waals surface area contributed by atoms with Gasteiger partial charge in [0.15, 0.2) is 4.60 Å². The number of hydrogen-bond donors (Lipinski definition) is 1. The van der Waals surface area contributed by atoms with Gasteiger partial charge in [-0.05, 0) is 15.9 Å². The highest BCUT2D eigenvalue weighted by atomic mass is 79.9. The molecule has 1 aliphatic rings. The van der Waals surface area contributed by atoms with Crippen LogP contribution in [0.1, 0.15) is 10.5 Å². The maximum absolute atomic E-state index is 12.1. The number of nitrogens with one attached hydrogen (secondary N) is 1. The lowest BCUT2D eigenvalue weighted by atomic mass is 10.1. The molecule has 1 fully saturated rings. The highest BCUT2D eigenvalue weighted by Gasteiger charge is 2.27. The number of carbonyl (C=O) groups excluding carboxylic acids is 1. The van der Waals surface area contributed by atoms with Gasteiger partial charge in [-0.25, -0.2) is 4.68 Å². The van der Waals surface area contributed by atoms with E-state index in [-0.39, 0.29) is 11.8 Å². The predicted octanol–water partition coefficient (Wildman–Crippen LogP) is 0.465. The molecule has 0 amide bonds. The SMILES string of the molecule is Cn1nnc(Br)c1C(=O)C1CSCCN1. The number of rotatable bonds is 2. The molecule has 1 saturated heterocycles. The molecule has 2 rings (SSSR count). The summed E-state index contributed by atoms with van der Waals surface area (Å²) in [6.07, 6.45) is 0. The fourth-order valence-corrected chi connectivity index (χ4v) is 2.95. The summed E-state index contributed by atoms with van der Waals surface area (Å²) in [5.74, 6) is 1.94. The Balaban J connectivity index is 2.19. The second-order valence-corrected chi connectivity index (χ2v) is 5.20. The number of nitrogens with zero attached hydrogens (tertiary/aromatic N) is 3. The van der Waals surface area contributed by atoms with Crippen LogP contribution in [-0.4, -0.2) is 44.9 Å². The van der Waals surface area contributed by atoms with Crippen molar-refractivity contribution in [1.82, 2.24) is 20.3 Å². The molecule has 1 unspecified atom stereocenters. The molecule has 1 aromatic heterocycles. The Morgan fingerprint density at radius 3 is 3.07 bits per heavy atom. The largest absolute Gasteiger partial charge is 0.306 e. The van der Waals surface area contributed by atoms with Crippen molar-refractivity contribution in [1.29, 1.82) is 0 Å². The van der Waals surface area contributed by atoms with E-state index in [0.29, 0.717) is 10.3 Å². The Morgan fingerprint density at radius 1 is 1.73 bits per heavy atom. The van der Waals surface area contributed by atoms with Crippen molar-refractivity contribution < 1.29 is 4.79 Å². The number of thioether (sulfide) groups is 1. The van der Waals surface area contributed by atoms with E-state index in [9.17, 15) is 4.79 Å². The number of aryl methyl sites for hydroxylation is 1. The summed E-state index contributed by atoms with van der Waals surface area (Å²) in [4.78, 5) is 12.1. The number of Topliss-reactive ketones (excluding diaryl/α,β-unsaturated/α-hetero) is 1. The molecule has 0 saturated carbocycles. The quantitative estimate of drug-likeness (QED) is 0.802. The van der Waals surface area contributed by atoms with Crippen LogP contribution < -0.4 is 5.32 Å². The van der Waals surface area contributed by atoms with Crippen LogP contribution in [0.15, 0.2) is 4.60 Å². The van der Waals surface area contributed by atoms with Gasteiger partial charge >= 0.3 is 0 Å². The van der Waals surface area contributed by atoms with Crippen molar-refractivity contribution in [2.24, 2.45) is 7.05 Å². The van der Waals surface area contributed by atoms with Crippen molar-refractivity contribution in [3.63, 3.8) is 0 Å². The molecular weight excluding hydrogens is 280 g/mol. The highest BCUT2D eigenvalue weighted by Crippen LogP contribution is 2.17. The minimum Gasteiger partial charge on any atom is -0.306 e. The topological polar surface area (TPSA) is 59.8 Å². The van der Waals surface area contributed by atoms with Gasteiger partial charge in [-0.3, -0.25) is 4.79 Å². The van der Waals surface area contributed by atoms with Crippen LogP contribution in [0.3, 0.4) is 0 Å². The molecular formula is C8H11BrN4OS. The zero-order valence-corrected chi connectivity index (χ0v) is 10.6. The lowest BCUT2D eigenvalue weighted by Gasteiger charge is -2.21. The van der Waals surface area contributed by atoms with Gasteiger partial charge in [-0.1, -0.05) is 5.21 Å². The van der Waals surface area contributed by atoms with Crippen molar-refractivity contribution in [2.45, 2.75) is 6.04 Å². The molecule has 1 aliphatic heterocycles. The minimum absolute atomic E-state index is 0.0570. The van der Waals surface area contributed by atoms with Crippen LogP contribution in [0.5, 0.6) is 0 Å². The van der Waals surface area contributed by atoms with E-state index < -0.39 is 0 Å². The lowest BCUT2D eigenvalue weighted by molar-refractivity contribution is 0.0943. The third-order valence-corrected chi connectivity index (χ3v) is 3.85. The molecule has 1 atom stereocenters. The van der Waals surface area contributed by atoms with Gasteiger partial charge in [0, 0.05) is 25.1 Å². The van der Waals surface area contributed by atoms with Gasteiger partial charge < -0.3 is 5.32 Å². The van der Waals surface area contributed by atoms with Crippen molar-refractivity contribution in [3.8, 4) is 0 Å². The first-order valence-corrected chi connectivity index (χ1v) is 6.55. The molecule has 0 aliphatic carbocycles. The van der Waals surface area contributed by atoms with E-state index in [4.69, 9.17) is 0 Å². The second kappa shape index (κ2) is 4.63. The van der Waals surface area contributed by atoms with E-state index in [0.717, 1.165) is 18.1 Å². The number of carbonyl (C=O) groups is 1. The smallest absolute Gasteiger partial charge is 0.201 e. The van der Waals surface area contributed by atoms with Gasteiger partial charge in [0.2, 0.25) is 5.78 Å². The van der Waals surface area contributed by atoms with Crippen LogP contribution in [0.2, 0.25) is 0 Å². The zero-order valence-electron chi connectivity index (χ0n) is 8.23. The summed E-state index contributed by atoms with van der Waals surface area (Å²) < 4.78 is 2.03. The first-order chi connectivity index (χ1) is 7.20. The molecule has 0 aromatic carbocycles. The third-order valence-electron chi connectivity index (χ3n) is 2.26. The molecule has 2 heterocycles. The normalized spacial score (nSPS) is 21.6. The summed E-state index contributed by atoms with van der Waals surface area (Å²) in [7, 11) is 1.72. The summed E-state index contributed by atoms with van der Waals surface area (Å²) in [6, 6.07) is -0.114. The Labute approximate surface area is 100 Å². The van der Waals surface area contributed by atoms with Crippen molar-refractivity contribution in [3.05, 3.63) is 10.3 Å². The average Bonchev–Trinajstić information content (AvgIpc) is 2.59.